The van der Waals surface area contributed by atoms with Gasteiger partial charge in [0.1, 0.15) is 22.0 Å². The number of hydrogen-bond donors (Lipinski definition) is 2. The molecule has 0 spiro atoms. The number of imide groups is 1. The topological polar surface area (TPSA) is 165 Å². The molecule has 0 aliphatic carbocycles. The number of para-hydroxylation sites is 1. The highest BCUT2D eigenvalue weighted by Gasteiger charge is 2.34. The first-order chi connectivity index (χ1) is 21.2. The fourth-order valence-corrected chi connectivity index (χ4v) is 5.73. The van der Waals surface area contributed by atoms with Crippen molar-refractivity contribution >= 4 is 49.8 Å². The first-order valence-electron chi connectivity index (χ1n) is 13.6. The van der Waals surface area contributed by atoms with E-state index in [0.29, 0.717) is 40.1 Å². The third-order valence-corrected chi connectivity index (χ3v) is 8.04. The maximum atomic E-state index is 12.6. The van der Waals surface area contributed by atoms with Crippen LogP contribution in [-0.4, -0.2) is 47.8 Å². The minimum Gasteiger partial charge on any atom is -0.493 e. The molecule has 44 heavy (non-hydrogen) atoms. The summed E-state index contributed by atoms with van der Waals surface area (Å²) in [7, 11) is -4.53. The highest BCUT2D eigenvalue weighted by atomic mass is 32.2. The summed E-state index contributed by atoms with van der Waals surface area (Å²) in [4.78, 5) is 30.6. The fraction of sp³-hybridized carbons (Fsp3) is 0.0938. The Kier molecular flexibility index (Phi) is 7.60. The molecule has 1 aliphatic heterocycles. The van der Waals surface area contributed by atoms with Crippen LogP contribution in [0.4, 0.5) is 17.1 Å². The molecular weight excluding hydrogens is 582 g/mol. The van der Waals surface area contributed by atoms with Gasteiger partial charge in [0.05, 0.1) is 35.3 Å². The number of amides is 2. The average Bonchev–Trinajstić information content (AvgIpc) is 3.27. The number of ether oxygens (including phenoxy) is 1. The van der Waals surface area contributed by atoms with Crippen LogP contribution in [0.15, 0.2) is 112 Å². The molecule has 2 amide bonds. The molecule has 3 N–H and O–H groups in total. The molecule has 0 unspecified atom stereocenters. The Bertz CT molecular complexity index is 2030. The van der Waals surface area contributed by atoms with E-state index in [4.69, 9.17) is 10.5 Å². The van der Waals surface area contributed by atoms with Gasteiger partial charge in [0.25, 0.3) is 21.9 Å². The Morgan fingerprint density at radius 1 is 0.818 bits per heavy atom. The van der Waals surface area contributed by atoms with E-state index in [1.165, 1.54) is 17.2 Å². The van der Waals surface area contributed by atoms with Crippen molar-refractivity contribution in [3.05, 3.63) is 108 Å². The highest BCUT2D eigenvalue weighted by Crippen LogP contribution is 2.37. The highest BCUT2D eigenvalue weighted by molar-refractivity contribution is 7.86. The SMILES string of the molecule is Nc1c(N=Nc2ccc(-c3ccccc3OCCCN3C(=O)c4ccccc4C3=O)nc2)cc(S(=O)(=O)O)c2ccccc12. The van der Waals surface area contributed by atoms with Crippen LogP contribution in [0.1, 0.15) is 27.1 Å². The average molecular weight is 608 g/mol. The first-order valence-corrected chi connectivity index (χ1v) is 15.0. The van der Waals surface area contributed by atoms with Crippen molar-refractivity contribution < 1.29 is 27.3 Å². The second-order valence-electron chi connectivity index (χ2n) is 9.94. The number of nitrogens with two attached hydrogens (primary N) is 1. The molecule has 1 aliphatic rings. The molecular formula is C32H25N5O6S. The molecule has 12 heteroatoms. The second kappa shape index (κ2) is 11.7. The van der Waals surface area contributed by atoms with E-state index in [1.54, 1.807) is 60.7 Å². The molecule has 4 aromatic carbocycles. The molecule has 2 heterocycles. The van der Waals surface area contributed by atoms with Crippen molar-refractivity contribution in [2.45, 2.75) is 11.3 Å². The van der Waals surface area contributed by atoms with Crippen LogP contribution in [0.2, 0.25) is 0 Å². The van der Waals surface area contributed by atoms with Crippen molar-refractivity contribution in [3.8, 4) is 17.0 Å². The fourth-order valence-electron chi connectivity index (χ4n) is 5.01. The van der Waals surface area contributed by atoms with Gasteiger partial charge in [-0.3, -0.25) is 24.0 Å². The minimum absolute atomic E-state index is 0.0837. The van der Waals surface area contributed by atoms with Gasteiger partial charge in [-0.25, -0.2) is 0 Å². The van der Waals surface area contributed by atoms with Gasteiger partial charge in [0.15, 0.2) is 0 Å². The third-order valence-electron chi connectivity index (χ3n) is 7.15. The van der Waals surface area contributed by atoms with Gasteiger partial charge in [-0.05, 0) is 48.9 Å². The van der Waals surface area contributed by atoms with Crippen molar-refractivity contribution in [2.24, 2.45) is 10.2 Å². The molecule has 220 valence electrons. The molecule has 0 saturated heterocycles. The Balaban J connectivity index is 1.14. The maximum Gasteiger partial charge on any atom is 0.295 e. The Labute approximate surface area is 252 Å². The van der Waals surface area contributed by atoms with Crippen molar-refractivity contribution in [2.75, 3.05) is 18.9 Å². The molecule has 0 atom stereocenters. The van der Waals surface area contributed by atoms with Gasteiger partial charge >= 0.3 is 0 Å². The predicted molar refractivity (Wildman–Crippen MR) is 164 cm³/mol. The molecule has 0 bridgehead atoms. The number of pyridine rings is 1. The van der Waals surface area contributed by atoms with Crippen LogP contribution in [0, 0.1) is 0 Å². The Morgan fingerprint density at radius 3 is 2.11 bits per heavy atom. The van der Waals surface area contributed by atoms with Gasteiger partial charge in [-0.15, -0.1) is 10.2 Å². The van der Waals surface area contributed by atoms with E-state index in [2.05, 4.69) is 15.2 Å². The molecule has 5 aromatic rings. The second-order valence-corrected chi connectivity index (χ2v) is 11.3. The predicted octanol–water partition coefficient (Wildman–Crippen LogP) is 6.21. The number of carbonyl (C=O) groups is 2. The largest absolute Gasteiger partial charge is 0.493 e. The first kappa shape index (κ1) is 28.6. The van der Waals surface area contributed by atoms with Crippen molar-refractivity contribution in [1.29, 1.82) is 0 Å². The lowest BCUT2D eigenvalue weighted by Crippen LogP contribution is -2.31. The Hall–Kier alpha value is -5.46. The van der Waals surface area contributed by atoms with Crippen LogP contribution in [-0.2, 0) is 10.1 Å². The number of hydrogen-bond acceptors (Lipinski definition) is 9. The maximum absolute atomic E-state index is 12.6. The quantitative estimate of drug-likeness (QED) is 0.0656. The summed E-state index contributed by atoms with van der Waals surface area (Å²) in [6.07, 6.45) is 1.95. The Morgan fingerprint density at radius 2 is 1.45 bits per heavy atom. The summed E-state index contributed by atoms with van der Waals surface area (Å²) < 4.78 is 39.7. The van der Waals surface area contributed by atoms with Crippen LogP contribution >= 0.6 is 0 Å². The number of carbonyl (C=O) groups excluding carboxylic acids is 2. The number of benzene rings is 4. The van der Waals surface area contributed by atoms with E-state index in [1.807, 2.05) is 24.3 Å². The number of fused-ring (bicyclic) bond motifs is 2. The van der Waals surface area contributed by atoms with Gasteiger partial charge in [-0.2, -0.15) is 8.42 Å². The zero-order valence-corrected chi connectivity index (χ0v) is 23.9. The number of anilines is 1. The molecule has 0 fully saturated rings. The summed E-state index contributed by atoms with van der Waals surface area (Å²) >= 11 is 0. The van der Waals surface area contributed by atoms with Crippen LogP contribution in [0.5, 0.6) is 5.75 Å². The zero-order valence-electron chi connectivity index (χ0n) is 23.1. The lowest BCUT2D eigenvalue weighted by Gasteiger charge is -2.15. The standard InChI is InChI=1S/C32H25N5O6S/c33-30-22-9-2-1-8-21(22)29(44(40,41)42)18-27(30)36-35-20-14-15-26(34-19-20)25-12-5-6-13-28(25)43-17-7-16-37-31(38)23-10-3-4-11-24(23)32(37)39/h1-6,8-15,18-19H,7,16-17,33H2,(H,40,41,42). The van der Waals surface area contributed by atoms with Crippen LogP contribution in [0.25, 0.3) is 22.0 Å². The zero-order chi connectivity index (χ0) is 30.8. The van der Waals surface area contributed by atoms with Crippen molar-refractivity contribution in [3.63, 3.8) is 0 Å². The van der Waals surface area contributed by atoms with Gasteiger partial charge in [-0.1, -0.05) is 48.5 Å². The monoisotopic (exact) mass is 607 g/mol. The van der Waals surface area contributed by atoms with E-state index in [-0.39, 0.29) is 46.6 Å². The smallest absolute Gasteiger partial charge is 0.295 e. The van der Waals surface area contributed by atoms with Crippen LogP contribution in [0.3, 0.4) is 0 Å². The number of aromatic nitrogens is 1. The van der Waals surface area contributed by atoms with E-state index < -0.39 is 10.1 Å². The van der Waals surface area contributed by atoms with Crippen LogP contribution < -0.4 is 10.5 Å². The number of azo groups is 1. The molecule has 6 rings (SSSR count). The van der Waals surface area contributed by atoms with E-state index in [0.717, 1.165) is 5.56 Å². The van der Waals surface area contributed by atoms with Crippen molar-refractivity contribution in [1.82, 2.24) is 9.88 Å². The summed E-state index contributed by atoms with van der Waals surface area (Å²) in [5, 5.41) is 9.00. The molecule has 11 nitrogen and oxygen atoms in total. The lowest BCUT2D eigenvalue weighted by atomic mass is 10.1. The molecule has 0 saturated carbocycles. The van der Waals surface area contributed by atoms with Gasteiger partial charge in [0.2, 0.25) is 0 Å². The summed E-state index contributed by atoms with van der Waals surface area (Å²) in [5.74, 6) is -0.0114. The van der Waals surface area contributed by atoms with Gasteiger partial charge < -0.3 is 10.5 Å². The third kappa shape index (κ3) is 5.51. The number of nitrogen functional groups attached to an aromatic ring is 1. The lowest BCUT2D eigenvalue weighted by molar-refractivity contribution is 0.0646. The summed E-state index contributed by atoms with van der Waals surface area (Å²) in [6, 6.07) is 25.3. The number of rotatable bonds is 9. The summed E-state index contributed by atoms with van der Waals surface area (Å²) in [6.45, 7) is 0.509. The summed E-state index contributed by atoms with van der Waals surface area (Å²) in [5.41, 5.74) is 9.10. The van der Waals surface area contributed by atoms with E-state index >= 15 is 0 Å². The van der Waals surface area contributed by atoms with Gasteiger partial charge in [0, 0.05) is 22.9 Å². The number of nitrogens with zero attached hydrogens (tertiary/aromatic N) is 4. The minimum atomic E-state index is -4.53. The molecule has 1 aromatic heterocycles. The molecule has 0 radical (unpaired) electrons. The van der Waals surface area contributed by atoms with E-state index in [9.17, 15) is 22.6 Å². The normalized spacial score (nSPS) is 13.2.